The molecule has 8 heteroatoms. The molecule has 0 bridgehead atoms. The van der Waals surface area contributed by atoms with Crippen molar-refractivity contribution in [1.82, 2.24) is 0 Å². The first-order valence-corrected chi connectivity index (χ1v) is 23.8. The molecule has 0 rings (SSSR count). The van der Waals surface area contributed by atoms with E-state index in [-0.39, 0.29) is 13.2 Å². The van der Waals surface area contributed by atoms with E-state index < -0.39 is 12.4 Å². The number of unbranched alkanes of at least 4 members (excludes halogenated alkanes) is 26. The van der Waals surface area contributed by atoms with Gasteiger partial charge in [-0.2, -0.15) is 0 Å². The van der Waals surface area contributed by atoms with Gasteiger partial charge in [-0.1, -0.05) is 204 Å². The van der Waals surface area contributed by atoms with Gasteiger partial charge in [-0.3, -0.25) is 9.05 Å². The summed E-state index contributed by atoms with van der Waals surface area (Å²) in [5, 5.41) is 0.551. The van der Waals surface area contributed by atoms with E-state index in [1.54, 1.807) is 0 Å². The summed E-state index contributed by atoms with van der Waals surface area (Å²) < 4.78 is 35.5. The third-order valence-electron chi connectivity index (χ3n) is 9.08. The van der Waals surface area contributed by atoms with Crippen molar-refractivity contribution in [1.29, 1.82) is 0 Å². The van der Waals surface area contributed by atoms with Gasteiger partial charge in [0.1, 0.15) is 0 Å². The molecule has 0 fully saturated rings. The van der Waals surface area contributed by atoms with Gasteiger partial charge in [-0.15, -0.1) is 0 Å². The molecular formula is C39H79BrClO5P. The van der Waals surface area contributed by atoms with Crippen molar-refractivity contribution in [3.05, 3.63) is 0 Å². The van der Waals surface area contributed by atoms with Gasteiger partial charge in [-0.05, 0) is 12.8 Å². The summed E-state index contributed by atoms with van der Waals surface area (Å²) in [6.45, 7) is 5.84. The predicted molar refractivity (Wildman–Crippen MR) is 210 cm³/mol. The van der Waals surface area contributed by atoms with E-state index in [0.29, 0.717) is 18.5 Å². The summed E-state index contributed by atoms with van der Waals surface area (Å²) in [6.07, 6.45) is 37.7. The monoisotopic (exact) mass is 773 g/mol. The summed E-state index contributed by atoms with van der Waals surface area (Å²) in [4.78, 5) is 0. The molecule has 0 amide bonds. The van der Waals surface area contributed by atoms with Gasteiger partial charge in [0.25, 0.3) is 0 Å². The van der Waals surface area contributed by atoms with Crippen molar-refractivity contribution < 1.29 is 23.1 Å². The predicted octanol–water partition coefficient (Wildman–Crippen LogP) is 14.8. The van der Waals surface area contributed by atoms with Gasteiger partial charge in [0, 0.05) is 35.2 Å². The van der Waals surface area contributed by atoms with E-state index in [0.717, 1.165) is 26.1 Å². The van der Waals surface area contributed by atoms with Crippen molar-refractivity contribution in [3.8, 4) is 0 Å². The first kappa shape index (κ1) is 47.8. The van der Waals surface area contributed by atoms with Gasteiger partial charge >= 0.3 is 6.95 Å². The maximum atomic E-state index is 12.5. The minimum absolute atomic E-state index is 0.174. The highest BCUT2D eigenvalue weighted by Crippen LogP contribution is 2.54. The third-order valence-corrected chi connectivity index (χ3v) is 10.9. The molecule has 0 spiro atoms. The molecule has 5 nitrogen and oxygen atoms in total. The Balaban J connectivity index is 4.03. The molecule has 0 N–H and O–H groups in total. The van der Waals surface area contributed by atoms with E-state index in [4.69, 9.17) is 29.8 Å². The molecule has 0 aliphatic heterocycles. The highest BCUT2D eigenvalue weighted by atomic mass is 79.9. The Morgan fingerprint density at radius 1 is 0.468 bits per heavy atom. The molecule has 0 aromatic heterocycles. The van der Waals surface area contributed by atoms with E-state index in [2.05, 4.69) is 36.7 Å². The standard InChI is InChI=1S/C39H79BrClO5P/c1-4-6-8-10-12-14-16-18-20-22-24-26-28-30-33-43-36-39(3,38-46-47(41,42)45-35-32-40)37-44-34-31-29-27-25-23-21-19-17-15-13-11-9-7-5-2/h4-38H2,1-3H3/i35+1. The first-order valence-electron chi connectivity index (χ1n) is 20.2. The highest BCUT2D eigenvalue weighted by molar-refractivity contribution is 9.09. The van der Waals surface area contributed by atoms with E-state index in [9.17, 15) is 4.57 Å². The number of hydrogen-bond donors (Lipinski definition) is 0. The Morgan fingerprint density at radius 3 is 1.06 bits per heavy atom. The molecule has 1 atom stereocenters. The lowest BCUT2D eigenvalue weighted by molar-refractivity contribution is -0.0380. The van der Waals surface area contributed by atoms with Crippen molar-refractivity contribution in [2.24, 2.45) is 5.41 Å². The Kier molecular flexibility index (Phi) is 37.3. The van der Waals surface area contributed by atoms with Crippen molar-refractivity contribution in [2.75, 3.05) is 45.0 Å². The molecule has 47 heavy (non-hydrogen) atoms. The Bertz CT molecular complexity index is 635. The van der Waals surface area contributed by atoms with Crippen LogP contribution in [0.4, 0.5) is 0 Å². The Hall–Kier alpha value is 0.840. The lowest BCUT2D eigenvalue weighted by Gasteiger charge is -2.29. The lowest BCUT2D eigenvalue weighted by atomic mass is 9.94. The zero-order chi connectivity index (χ0) is 34.6. The second-order valence-electron chi connectivity index (χ2n) is 14.3. The summed E-state index contributed by atoms with van der Waals surface area (Å²) >= 11 is 9.31. The van der Waals surface area contributed by atoms with E-state index in [1.807, 2.05) is 0 Å². The third kappa shape index (κ3) is 36.4. The molecule has 1 unspecified atom stereocenters. The molecule has 0 radical (unpaired) electrons. The molecule has 0 aliphatic rings. The van der Waals surface area contributed by atoms with Crippen LogP contribution in [0.5, 0.6) is 0 Å². The Morgan fingerprint density at radius 2 is 0.766 bits per heavy atom. The van der Waals surface area contributed by atoms with Crippen LogP contribution < -0.4 is 0 Å². The normalized spacial score (nSPS) is 13.4. The topological polar surface area (TPSA) is 54.0 Å². The fourth-order valence-corrected chi connectivity index (χ4v) is 7.59. The van der Waals surface area contributed by atoms with Gasteiger partial charge in [0.2, 0.25) is 0 Å². The van der Waals surface area contributed by atoms with Crippen molar-refractivity contribution >= 4 is 34.1 Å². The van der Waals surface area contributed by atoms with Crippen LogP contribution in [0.1, 0.15) is 201 Å². The molecule has 0 aromatic carbocycles. The zero-order valence-corrected chi connectivity index (χ0v) is 34.7. The minimum Gasteiger partial charge on any atom is -0.381 e. The molecular weight excluding hydrogens is 696 g/mol. The average molecular weight is 775 g/mol. The highest BCUT2D eigenvalue weighted by Gasteiger charge is 2.31. The average Bonchev–Trinajstić information content (AvgIpc) is 3.06. The quantitative estimate of drug-likeness (QED) is 0.0269. The summed E-state index contributed by atoms with van der Waals surface area (Å²) in [6, 6.07) is 0. The van der Waals surface area contributed by atoms with Crippen molar-refractivity contribution in [3.63, 3.8) is 0 Å². The maximum Gasteiger partial charge on any atom is 0.424 e. The number of halogens is 2. The number of hydrogen-bond acceptors (Lipinski definition) is 5. The molecule has 284 valence electrons. The minimum atomic E-state index is -3.63. The number of ether oxygens (including phenoxy) is 2. The number of alkyl halides is 1. The maximum absolute atomic E-state index is 12.5. The van der Waals surface area contributed by atoms with Crippen molar-refractivity contribution in [2.45, 2.75) is 201 Å². The molecule has 0 aromatic rings. The van der Waals surface area contributed by atoms with Gasteiger partial charge in [0.15, 0.2) is 0 Å². The van der Waals surface area contributed by atoms with Crippen LogP contribution in [0.15, 0.2) is 0 Å². The van der Waals surface area contributed by atoms with E-state index in [1.165, 1.54) is 167 Å². The van der Waals surface area contributed by atoms with Crippen LogP contribution in [0.25, 0.3) is 0 Å². The fraction of sp³-hybridized carbons (Fsp3) is 1.00. The smallest absolute Gasteiger partial charge is 0.381 e. The van der Waals surface area contributed by atoms with Crippen LogP contribution in [0.2, 0.25) is 0 Å². The SMILES string of the molecule is CCCCCCCCCCCCCCCCOCC(C)(COCCCCCCCCCCCCCCCC)COP(=O)(Cl)O[13CH2]CBr. The second-order valence-corrected chi connectivity index (χ2v) is 17.7. The zero-order valence-electron chi connectivity index (χ0n) is 31.5. The largest absolute Gasteiger partial charge is 0.424 e. The van der Waals surface area contributed by atoms with Gasteiger partial charge in [-0.25, -0.2) is 4.57 Å². The Labute approximate surface area is 306 Å². The first-order chi connectivity index (χ1) is 22.9. The van der Waals surface area contributed by atoms with E-state index >= 15 is 0 Å². The van der Waals surface area contributed by atoms with Crippen LogP contribution >= 0.6 is 34.1 Å². The van der Waals surface area contributed by atoms with Gasteiger partial charge < -0.3 is 9.47 Å². The molecule has 0 aliphatic carbocycles. The molecule has 0 saturated carbocycles. The molecule has 0 saturated heterocycles. The summed E-state index contributed by atoms with van der Waals surface area (Å²) in [5.41, 5.74) is -0.436. The van der Waals surface area contributed by atoms with Crippen LogP contribution in [0.3, 0.4) is 0 Å². The van der Waals surface area contributed by atoms with Crippen LogP contribution in [0, 0.1) is 5.41 Å². The lowest BCUT2D eigenvalue weighted by Crippen LogP contribution is -2.34. The second kappa shape index (κ2) is 36.6. The number of rotatable bonds is 40. The summed E-state index contributed by atoms with van der Waals surface area (Å²) in [5.74, 6) is 0. The molecule has 0 heterocycles. The summed E-state index contributed by atoms with van der Waals surface area (Å²) in [7, 11) is 0. The fourth-order valence-electron chi connectivity index (χ4n) is 5.97. The van der Waals surface area contributed by atoms with Crippen LogP contribution in [-0.4, -0.2) is 45.0 Å². The van der Waals surface area contributed by atoms with Gasteiger partial charge in [0.05, 0.1) is 26.4 Å². The van der Waals surface area contributed by atoms with Crippen LogP contribution in [-0.2, 0) is 23.1 Å².